The van der Waals surface area contributed by atoms with Crippen LogP contribution in [0.5, 0.6) is 5.88 Å². The van der Waals surface area contributed by atoms with Crippen LogP contribution in [0.1, 0.15) is 42.1 Å². The predicted molar refractivity (Wildman–Crippen MR) is 113 cm³/mol. The third kappa shape index (κ3) is 3.51. The van der Waals surface area contributed by atoms with Gasteiger partial charge < -0.3 is 21.1 Å². The number of nitrogen functional groups attached to an aromatic ring is 1. The number of Topliss-reactive ketones (excluding diaryl/α,β-unsaturated/α-hetero) is 1. The number of rotatable bonds is 4. The fourth-order valence-corrected chi connectivity index (χ4v) is 3.79. The molecule has 4 rings (SSSR count). The van der Waals surface area contributed by atoms with Gasteiger partial charge in [-0.15, -0.1) is 0 Å². The van der Waals surface area contributed by atoms with E-state index in [9.17, 15) is 9.90 Å². The molecule has 0 radical (unpaired) electrons. The van der Waals surface area contributed by atoms with Gasteiger partial charge in [0.15, 0.2) is 11.7 Å². The van der Waals surface area contributed by atoms with E-state index in [4.69, 9.17) is 5.73 Å². The number of hydrogen-bond donors (Lipinski definition) is 4. The van der Waals surface area contributed by atoms with E-state index in [0.29, 0.717) is 22.5 Å². The molecule has 1 saturated heterocycles. The Morgan fingerprint density at radius 3 is 2.68 bits per heavy atom. The van der Waals surface area contributed by atoms with Crippen LogP contribution in [0.2, 0.25) is 0 Å². The summed E-state index contributed by atoms with van der Waals surface area (Å²) >= 11 is 0. The largest absolute Gasteiger partial charge is 0.494 e. The zero-order chi connectivity index (χ0) is 19.7. The summed E-state index contributed by atoms with van der Waals surface area (Å²) in [5.74, 6) is 0.203. The van der Waals surface area contributed by atoms with Crippen molar-refractivity contribution < 1.29 is 9.90 Å². The van der Waals surface area contributed by atoms with Gasteiger partial charge in [0.05, 0.1) is 23.0 Å². The Hall–Kier alpha value is -3.12. The summed E-state index contributed by atoms with van der Waals surface area (Å²) in [7, 11) is 0. The van der Waals surface area contributed by atoms with Crippen molar-refractivity contribution in [1.82, 2.24) is 10.3 Å². The first-order valence-corrected chi connectivity index (χ1v) is 9.56. The maximum Gasteiger partial charge on any atom is 0.198 e. The molecule has 0 amide bonds. The Balaban J connectivity index is 1.60. The molecule has 5 N–H and O–H groups in total. The van der Waals surface area contributed by atoms with Crippen molar-refractivity contribution in [2.75, 3.05) is 12.3 Å². The molecule has 144 valence electrons. The average Bonchev–Trinajstić information content (AvgIpc) is 3.03. The molecule has 0 spiro atoms. The lowest BCUT2D eigenvalue weighted by Crippen LogP contribution is -2.40. The van der Waals surface area contributed by atoms with Gasteiger partial charge in [-0.1, -0.05) is 6.42 Å². The van der Waals surface area contributed by atoms with E-state index in [-0.39, 0.29) is 17.7 Å². The fraction of sp³-hybridized carbons (Fsp3) is 0.273. The minimum absolute atomic E-state index is 0.0667. The summed E-state index contributed by atoms with van der Waals surface area (Å²) in [6.07, 6.45) is 3.10. The fourth-order valence-electron chi connectivity index (χ4n) is 3.79. The molecule has 2 heterocycles. The van der Waals surface area contributed by atoms with Crippen LogP contribution in [-0.4, -0.2) is 34.2 Å². The van der Waals surface area contributed by atoms with Crippen LogP contribution in [0.25, 0.3) is 10.9 Å². The van der Waals surface area contributed by atoms with Gasteiger partial charge in [0.25, 0.3) is 0 Å². The Labute approximate surface area is 163 Å². The third-order valence-electron chi connectivity index (χ3n) is 5.24. The molecule has 1 aliphatic heterocycles. The van der Waals surface area contributed by atoms with Crippen molar-refractivity contribution in [2.45, 2.75) is 32.2 Å². The molecule has 0 aliphatic carbocycles. The number of hydrogen-bond acceptors (Lipinski definition) is 5. The number of nitrogens with two attached hydrogens (primary N) is 1. The molecule has 1 fully saturated rings. The van der Waals surface area contributed by atoms with Crippen LogP contribution in [0, 0.1) is 0 Å². The van der Waals surface area contributed by atoms with E-state index < -0.39 is 0 Å². The van der Waals surface area contributed by atoms with Crippen molar-refractivity contribution in [1.29, 1.82) is 0 Å². The second-order valence-corrected chi connectivity index (χ2v) is 7.26. The van der Waals surface area contributed by atoms with Crippen LogP contribution >= 0.6 is 0 Å². The van der Waals surface area contributed by atoms with Crippen LogP contribution in [0.4, 0.5) is 11.4 Å². The Kier molecular flexibility index (Phi) is 4.88. The van der Waals surface area contributed by atoms with Gasteiger partial charge in [-0.3, -0.25) is 9.79 Å². The average molecular weight is 376 g/mol. The van der Waals surface area contributed by atoms with Gasteiger partial charge in [-0.25, -0.2) is 0 Å². The highest BCUT2D eigenvalue weighted by molar-refractivity contribution is 6.13. The number of nitrogens with one attached hydrogen (secondary N) is 2. The number of aromatic hydroxyl groups is 1. The first-order valence-electron chi connectivity index (χ1n) is 9.56. The van der Waals surface area contributed by atoms with Gasteiger partial charge in [-0.05, 0) is 68.8 Å². The number of anilines is 1. The highest BCUT2D eigenvalue weighted by Crippen LogP contribution is 2.30. The molecule has 6 nitrogen and oxygen atoms in total. The topological polar surface area (TPSA) is 103 Å². The second-order valence-electron chi connectivity index (χ2n) is 7.26. The Bertz CT molecular complexity index is 1040. The molecule has 1 atom stereocenters. The van der Waals surface area contributed by atoms with Crippen molar-refractivity contribution in [3.63, 3.8) is 0 Å². The molecule has 28 heavy (non-hydrogen) atoms. The lowest BCUT2D eigenvalue weighted by Gasteiger charge is -2.22. The summed E-state index contributed by atoms with van der Waals surface area (Å²) in [6.45, 7) is 2.74. The highest BCUT2D eigenvalue weighted by atomic mass is 16.3. The number of carbonyl (C=O) groups is 1. The summed E-state index contributed by atoms with van der Waals surface area (Å²) in [6, 6.07) is 12.7. The normalized spacial score (nSPS) is 17.8. The number of benzene rings is 2. The third-order valence-corrected chi connectivity index (χ3v) is 5.24. The van der Waals surface area contributed by atoms with Crippen LogP contribution in [0.15, 0.2) is 47.5 Å². The van der Waals surface area contributed by atoms with E-state index >= 15 is 0 Å². The number of nitrogens with zero attached hydrogens (tertiary/aromatic N) is 1. The Morgan fingerprint density at radius 1 is 1.18 bits per heavy atom. The first kappa shape index (κ1) is 18.3. The standard InChI is InChI=1S/C22H24N4O2/c1-13(20-17-12-15(23)7-10-18(17)26-22(20)28)25-16-8-5-14(6-9-16)21(27)19-4-2-3-11-24-19/h5-10,12,19,24,26,28H,2-4,11,23H2,1H3. The number of piperidine rings is 1. The van der Waals surface area contributed by atoms with Crippen LogP contribution in [-0.2, 0) is 0 Å². The minimum Gasteiger partial charge on any atom is -0.494 e. The molecule has 1 aromatic heterocycles. The second kappa shape index (κ2) is 7.48. The van der Waals surface area contributed by atoms with Crippen molar-refractivity contribution >= 4 is 33.8 Å². The number of carbonyl (C=O) groups excluding carboxylic acids is 1. The zero-order valence-corrected chi connectivity index (χ0v) is 15.8. The van der Waals surface area contributed by atoms with Gasteiger partial charge in [-0.2, -0.15) is 0 Å². The number of fused-ring (bicyclic) bond motifs is 1. The SMILES string of the molecule is CC(=Nc1ccc(C(=O)C2CCCCN2)cc1)c1c(O)[nH]c2ccc(N)cc12. The molecule has 1 unspecified atom stereocenters. The van der Waals surface area contributed by atoms with E-state index in [0.717, 1.165) is 42.4 Å². The minimum atomic E-state index is -0.0848. The van der Waals surface area contributed by atoms with E-state index in [1.807, 2.05) is 43.3 Å². The van der Waals surface area contributed by atoms with Gasteiger partial charge >= 0.3 is 0 Å². The summed E-state index contributed by atoms with van der Waals surface area (Å²) in [4.78, 5) is 20.2. The molecular weight excluding hydrogens is 352 g/mol. The summed E-state index contributed by atoms with van der Waals surface area (Å²) in [5, 5.41) is 14.4. The van der Waals surface area contributed by atoms with E-state index in [1.54, 1.807) is 6.07 Å². The van der Waals surface area contributed by atoms with Crippen LogP contribution in [0.3, 0.4) is 0 Å². The van der Waals surface area contributed by atoms with Gasteiger partial charge in [0.2, 0.25) is 0 Å². The Morgan fingerprint density at radius 2 is 1.96 bits per heavy atom. The lowest BCUT2D eigenvalue weighted by atomic mass is 9.96. The number of H-pyrrole nitrogens is 1. The van der Waals surface area contributed by atoms with E-state index in [2.05, 4.69) is 15.3 Å². The maximum atomic E-state index is 12.6. The summed E-state index contributed by atoms with van der Waals surface area (Å²) < 4.78 is 0. The zero-order valence-electron chi connectivity index (χ0n) is 15.8. The maximum absolute atomic E-state index is 12.6. The molecule has 3 aromatic rings. The van der Waals surface area contributed by atoms with Gasteiger partial charge in [0.1, 0.15) is 0 Å². The molecule has 2 aromatic carbocycles. The van der Waals surface area contributed by atoms with E-state index in [1.165, 1.54) is 0 Å². The monoisotopic (exact) mass is 376 g/mol. The first-order chi connectivity index (χ1) is 13.5. The molecule has 0 bridgehead atoms. The van der Waals surface area contributed by atoms with Crippen LogP contribution < -0.4 is 11.1 Å². The molecule has 1 aliphatic rings. The number of aliphatic imine (C=N–C) groups is 1. The number of aromatic amines is 1. The molecular formula is C22H24N4O2. The van der Waals surface area contributed by atoms with Gasteiger partial charge in [0, 0.05) is 22.2 Å². The predicted octanol–water partition coefficient (Wildman–Crippen LogP) is 3.92. The van der Waals surface area contributed by atoms with Crippen molar-refractivity contribution in [3.8, 4) is 5.88 Å². The quantitative estimate of drug-likeness (QED) is 0.315. The lowest BCUT2D eigenvalue weighted by molar-refractivity contribution is 0.0927. The number of aromatic nitrogens is 1. The highest BCUT2D eigenvalue weighted by Gasteiger charge is 2.21. The van der Waals surface area contributed by atoms with Crippen molar-refractivity contribution in [3.05, 3.63) is 53.6 Å². The van der Waals surface area contributed by atoms with Crippen molar-refractivity contribution in [2.24, 2.45) is 4.99 Å². The molecule has 6 heteroatoms. The smallest absolute Gasteiger partial charge is 0.198 e. The number of ketones is 1. The summed E-state index contributed by atoms with van der Waals surface area (Å²) in [5.41, 5.74) is 10.0. The molecule has 0 saturated carbocycles.